The lowest BCUT2D eigenvalue weighted by Crippen LogP contribution is -2.33. The first-order valence-corrected chi connectivity index (χ1v) is 5.22. The fourth-order valence-corrected chi connectivity index (χ4v) is 1.86. The zero-order valence-corrected chi connectivity index (χ0v) is 8.99. The summed E-state index contributed by atoms with van der Waals surface area (Å²) in [5.74, 6) is -0.114. The Morgan fingerprint density at radius 1 is 1.50 bits per heavy atom. The largest absolute Gasteiger partial charge is 0.478 e. The monoisotopic (exact) mass is 197 g/mol. The number of nitrogens with zero attached hydrogens (tertiary/aromatic N) is 1. The minimum Gasteiger partial charge on any atom is -0.478 e. The molecule has 1 rings (SSSR count). The van der Waals surface area contributed by atoms with Crippen molar-refractivity contribution in [2.75, 3.05) is 19.6 Å². The molecular formula is C11H19NO2. The SMILES string of the molecule is CC(C)CN1CCC(=CC(=O)O)CC1. The van der Waals surface area contributed by atoms with E-state index in [1.54, 1.807) is 0 Å². The van der Waals surface area contributed by atoms with Crippen LogP contribution in [-0.2, 0) is 4.79 Å². The van der Waals surface area contributed by atoms with Crippen molar-refractivity contribution in [2.24, 2.45) is 5.92 Å². The summed E-state index contributed by atoms with van der Waals surface area (Å²) in [6, 6.07) is 0. The molecular weight excluding hydrogens is 178 g/mol. The number of carboxylic acids is 1. The molecule has 14 heavy (non-hydrogen) atoms. The van der Waals surface area contributed by atoms with Crippen LogP contribution in [-0.4, -0.2) is 35.6 Å². The number of hydrogen-bond acceptors (Lipinski definition) is 2. The number of likely N-dealkylation sites (tertiary alicyclic amines) is 1. The lowest BCUT2D eigenvalue weighted by molar-refractivity contribution is -0.131. The molecule has 1 heterocycles. The highest BCUT2D eigenvalue weighted by Gasteiger charge is 2.14. The molecule has 3 heteroatoms. The molecule has 1 aliphatic heterocycles. The maximum Gasteiger partial charge on any atom is 0.328 e. The molecule has 1 aliphatic rings. The summed E-state index contributed by atoms with van der Waals surface area (Å²) >= 11 is 0. The van der Waals surface area contributed by atoms with Gasteiger partial charge in [0.05, 0.1) is 0 Å². The summed E-state index contributed by atoms with van der Waals surface area (Å²) in [5, 5.41) is 8.59. The molecule has 1 saturated heterocycles. The zero-order chi connectivity index (χ0) is 10.6. The number of carboxylic acid groups (broad SMARTS) is 1. The van der Waals surface area contributed by atoms with Crippen LogP contribution < -0.4 is 0 Å². The number of rotatable bonds is 3. The first-order chi connectivity index (χ1) is 6.58. The molecule has 0 radical (unpaired) electrons. The summed E-state index contributed by atoms with van der Waals surface area (Å²) in [7, 11) is 0. The molecule has 0 atom stereocenters. The fourth-order valence-electron chi connectivity index (χ4n) is 1.86. The second-order valence-electron chi connectivity index (χ2n) is 4.34. The fraction of sp³-hybridized carbons (Fsp3) is 0.727. The summed E-state index contributed by atoms with van der Waals surface area (Å²) in [5.41, 5.74) is 1.08. The van der Waals surface area contributed by atoms with E-state index in [9.17, 15) is 4.79 Å². The van der Waals surface area contributed by atoms with Crippen molar-refractivity contribution in [1.29, 1.82) is 0 Å². The van der Waals surface area contributed by atoms with E-state index in [0.717, 1.165) is 38.0 Å². The summed E-state index contributed by atoms with van der Waals surface area (Å²) in [6.45, 7) is 7.57. The molecule has 0 amide bonds. The number of piperidine rings is 1. The van der Waals surface area contributed by atoms with Crippen LogP contribution in [0.2, 0.25) is 0 Å². The van der Waals surface area contributed by atoms with Gasteiger partial charge in [0.1, 0.15) is 0 Å². The average molecular weight is 197 g/mol. The lowest BCUT2D eigenvalue weighted by atomic mass is 10.0. The van der Waals surface area contributed by atoms with Gasteiger partial charge in [0.2, 0.25) is 0 Å². The second kappa shape index (κ2) is 5.15. The van der Waals surface area contributed by atoms with Crippen LogP contribution in [0.5, 0.6) is 0 Å². The maximum atomic E-state index is 10.4. The summed E-state index contributed by atoms with van der Waals surface area (Å²) in [4.78, 5) is 12.8. The van der Waals surface area contributed by atoms with E-state index in [1.807, 2.05) is 0 Å². The molecule has 3 nitrogen and oxygen atoms in total. The first-order valence-electron chi connectivity index (χ1n) is 5.22. The molecule has 0 spiro atoms. The predicted octanol–water partition coefficient (Wildman–Crippen LogP) is 1.75. The van der Waals surface area contributed by atoms with E-state index in [0.29, 0.717) is 5.92 Å². The van der Waals surface area contributed by atoms with Crippen molar-refractivity contribution < 1.29 is 9.90 Å². The van der Waals surface area contributed by atoms with Gasteiger partial charge < -0.3 is 10.0 Å². The van der Waals surface area contributed by atoms with Crippen LogP contribution in [0.25, 0.3) is 0 Å². The Morgan fingerprint density at radius 3 is 2.50 bits per heavy atom. The van der Waals surface area contributed by atoms with Gasteiger partial charge in [0.25, 0.3) is 0 Å². The zero-order valence-electron chi connectivity index (χ0n) is 8.99. The van der Waals surface area contributed by atoms with Gasteiger partial charge in [0, 0.05) is 25.7 Å². The van der Waals surface area contributed by atoms with Gasteiger partial charge in [0.15, 0.2) is 0 Å². The van der Waals surface area contributed by atoms with Crippen LogP contribution in [0.1, 0.15) is 26.7 Å². The van der Waals surface area contributed by atoms with E-state index >= 15 is 0 Å². The Kier molecular flexibility index (Phi) is 4.14. The van der Waals surface area contributed by atoms with Gasteiger partial charge in [-0.15, -0.1) is 0 Å². The van der Waals surface area contributed by atoms with Crippen molar-refractivity contribution in [3.8, 4) is 0 Å². The van der Waals surface area contributed by atoms with Gasteiger partial charge in [-0.2, -0.15) is 0 Å². The van der Waals surface area contributed by atoms with Crippen molar-refractivity contribution >= 4 is 5.97 Å². The predicted molar refractivity (Wildman–Crippen MR) is 56.2 cm³/mol. The average Bonchev–Trinajstić information content (AvgIpc) is 2.06. The van der Waals surface area contributed by atoms with E-state index in [1.165, 1.54) is 6.08 Å². The van der Waals surface area contributed by atoms with Crippen molar-refractivity contribution in [2.45, 2.75) is 26.7 Å². The highest BCUT2D eigenvalue weighted by Crippen LogP contribution is 2.16. The number of aliphatic carboxylic acids is 1. The third-order valence-corrected chi connectivity index (χ3v) is 2.45. The first kappa shape index (κ1) is 11.2. The minimum atomic E-state index is -0.808. The van der Waals surface area contributed by atoms with Crippen molar-refractivity contribution in [3.05, 3.63) is 11.6 Å². The van der Waals surface area contributed by atoms with Gasteiger partial charge in [-0.1, -0.05) is 19.4 Å². The summed E-state index contributed by atoms with van der Waals surface area (Å²) < 4.78 is 0. The molecule has 1 fully saturated rings. The van der Waals surface area contributed by atoms with Gasteiger partial charge in [-0.3, -0.25) is 0 Å². The summed E-state index contributed by atoms with van der Waals surface area (Å²) in [6.07, 6.45) is 3.20. The Morgan fingerprint density at radius 2 is 2.07 bits per heavy atom. The van der Waals surface area contributed by atoms with Crippen molar-refractivity contribution in [3.63, 3.8) is 0 Å². The molecule has 0 aliphatic carbocycles. The van der Waals surface area contributed by atoms with Gasteiger partial charge in [-0.25, -0.2) is 4.79 Å². The van der Waals surface area contributed by atoms with Crippen LogP contribution in [0.15, 0.2) is 11.6 Å². The van der Waals surface area contributed by atoms with Crippen LogP contribution in [0, 0.1) is 5.92 Å². The quantitative estimate of drug-likeness (QED) is 0.701. The smallest absolute Gasteiger partial charge is 0.328 e. The molecule has 1 N–H and O–H groups in total. The highest BCUT2D eigenvalue weighted by atomic mass is 16.4. The Balaban J connectivity index is 2.35. The van der Waals surface area contributed by atoms with Crippen LogP contribution in [0.3, 0.4) is 0 Å². The second-order valence-corrected chi connectivity index (χ2v) is 4.34. The third-order valence-electron chi connectivity index (χ3n) is 2.45. The lowest BCUT2D eigenvalue weighted by Gasteiger charge is -2.29. The Labute approximate surface area is 85.4 Å². The molecule has 80 valence electrons. The Hall–Kier alpha value is -0.830. The minimum absolute atomic E-state index is 0.694. The van der Waals surface area contributed by atoms with Crippen molar-refractivity contribution in [1.82, 2.24) is 4.90 Å². The molecule has 0 bridgehead atoms. The topological polar surface area (TPSA) is 40.5 Å². The Bertz CT molecular complexity index is 223. The number of carbonyl (C=O) groups is 1. The molecule has 0 aromatic carbocycles. The van der Waals surface area contributed by atoms with Crippen LogP contribution >= 0.6 is 0 Å². The molecule has 0 aromatic rings. The van der Waals surface area contributed by atoms with Gasteiger partial charge >= 0.3 is 5.97 Å². The number of hydrogen-bond donors (Lipinski definition) is 1. The highest BCUT2D eigenvalue weighted by molar-refractivity contribution is 5.80. The van der Waals surface area contributed by atoms with Crippen LogP contribution in [0.4, 0.5) is 0 Å². The molecule has 0 aromatic heterocycles. The molecule has 0 unspecified atom stereocenters. The standard InChI is InChI=1S/C11H19NO2/c1-9(2)8-12-5-3-10(4-6-12)7-11(13)14/h7,9H,3-6,8H2,1-2H3,(H,13,14). The third kappa shape index (κ3) is 3.92. The maximum absolute atomic E-state index is 10.4. The molecule has 0 saturated carbocycles. The normalized spacial score (nSPS) is 18.6. The van der Waals surface area contributed by atoms with E-state index in [-0.39, 0.29) is 0 Å². The van der Waals surface area contributed by atoms with E-state index < -0.39 is 5.97 Å². The van der Waals surface area contributed by atoms with E-state index in [2.05, 4.69) is 18.7 Å². The van der Waals surface area contributed by atoms with Gasteiger partial charge in [-0.05, 0) is 18.8 Å². The van der Waals surface area contributed by atoms with E-state index in [4.69, 9.17) is 5.11 Å².